The molecule has 3 aromatic rings. The highest BCUT2D eigenvalue weighted by atomic mass is 16.3. The Hall–Kier alpha value is -2.97. The first-order valence-electron chi connectivity index (χ1n) is 12.1. The average molecular weight is 462 g/mol. The lowest BCUT2D eigenvalue weighted by Gasteiger charge is -2.56. The van der Waals surface area contributed by atoms with Crippen LogP contribution in [-0.2, 0) is 13.1 Å². The summed E-state index contributed by atoms with van der Waals surface area (Å²) in [6.45, 7) is 11.7. The van der Waals surface area contributed by atoms with Crippen molar-refractivity contribution in [3.63, 3.8) is 0 Å². The molecule has 0 atom stereocenters. The van der Waals surface area contributed by atoms with Gasteiger partial charge in [0.05, 0.1) is 23.5 Å². The van der Waals surface area contributed by atoms with Crippen LogP contribution >= 0.6 is 0 Å². The van der Waals surface area contributed by atoms with Gasteiger partial charge in [0, 0.05) is 43.0 Å². The summed E-state index contributed by atoms with van der Waals surface area (Å²) in [5, 5.41) is 27.9. The van der Waals surface area contributed by atoms with Gasteiger partial charge in [0.2, 0.25) is 0 Å². The van der Waals surface area contributed by atoms with Crippen molar-refractivity contribution in [3.05, 3.63) is 42.4 Å². The van der Waals surface area contributed by atoms with Crippen molar-refractivity contribution in [2.24, 2.45) is 0 Å². The number of hydrazine groups is 1. The van der Waals surface area contributed by atoms with E-state index in [0.717, 1.165) is 55.4 Å². The maximum atomic E-state index is 10.8. The molecule has 2 N–H and O–H groups in total. The molecule has 0 bridgehead atoms. The second kappa shape index (κ2) is 8.36. The average Bonchev–Trinajstić information content (AvgIpc) is 3.22. The van der Waals surface area contributed by atoms with Crippen LogP contribution in [0.25, 0.3) is 22.5 Å². The normalized spacial score (nSPS) is 19.6. The van der Waals surface area contributed by atoms with Crippen LogP contribution in [0, 0.1) is 0 Å². The van der Waals surface area contributed by atoms with Crippen LogP contribution < -0.4 is 10.3 Å². The fourth-order valence-electron chi connectivity index (χ4n) is 5.87. The van der Waals surface area contributed by atoms with Crippen molar-refractivity contribution < 1.29 is 5.11 Å². The quantitative estimate of drug-likeness (QED) is 0.602. The van der Waals surface area contributed by atoms with Crippen molar-refractivity contribution in [2.45, 2.75) is 71.1 Å². The Bertz CT molecular complexity index is 1140. The summed E-state index contributed by atoms with van der Waals surface area (Å²) in [6, 6.07) is 9.45. The van der Waals surface area contributed by atoms with E-state index >= 15 is 0 Å². The lowest BCUT2D eigenvalue weighted by molar-refractivity contribution is -0.0332. The number of anilines is 1. The predicted octanol–water partition coefficient (Wildman–Crippen LogP) is 4.21. The first-order chi connectivity index (χ1) is 16.2. The van der Waals surface area contributed by atoms with Crippen LogP contribution in [-0.4, -0.2) is 54.5 Å². The highest BCUT2D eigenvalue weighted by molar-refractivity contribution is 5.84. The number of aromatic nitrogens is 4. The van der Waals surface area contributed by atoms with Crippen LogP contribution in [0.5, 0.6) is 5.75 Å². The summed E-state index contributed by atoms with van der Waals surface area (Å²) in [7, 11) is 2.06. The van der Waals surface area contributed by atoms with Gasteiger partial charge in [0.1, 0.15) is 11.6 Å². The standard InChI is InChI=1S/C26H35N7O/c1-25(2)12-7-13-26(3,4)33(25)31(5)22-11-10-19(29-30-22)24-18(8-6-9-21(24)34)20-17-32-15-14-27-16-23(32)28-20/h6,8-11,17,27,34H,7,12-16H2,1-5H3. The maximum Gasteiger partial charge on any atom is 0.165 e. The first-order valence-corrected chi connectivity index (χ1v) is 12.1. The SMILES string of the molecule is CN(c1ccc(-c2c(O)cccc2-c2cn3c(n2)CNCC3)nn1)N1C(C)(C)CCCC1(C)C. The van der Waals surface area contributed by atoms with E-state index in [-0.39, 0.29) is 16.8 Å². The van der Waals surface area contributed by atoms with Gasteiger partial charge in [0.25, 0.3) is 0 Å². The van der Waals surface area contributed by atoms with Gasteiger partial charge in [-0.05, 0) is 65.2 Å². The molecule has 0 amide bonds. The maximum absolute atomic E-state index is 10.8. The summed E-state index contributed by atoms with van der Waals surface area (Å²) in [5.41, 5.74) is 3.03. The molecule has 180 valence electrons. The van der Waals surface area contributed by atoms with Gasteiger partial charge in [-0.3, -0.25) is 5.01 Å². The zero-order valence-corrected chi connectivity index (χ0v) is 20.8. The number of fused-ring (bicyclic) bond motifs is 1. The number of piperidine rings is 1. The Morgan fingerprint density at radius 2 is 1.76 bits per heavy atom. The van der Waals surface area contributed by atoms with Gasteiger partial charge in [-0.2, -0.15) is 0 Å². The molecule has 0 radical (unpaired) electrons. The molecule has 0 saturated carbocycles. The molecule has 1 aromatic carbocycles. The van der Waals surface area contributed by atoms with E-state index in [9.17, 15) is 5.11 Å². The molecule has 34 heavy (non-hydrogen) atoms. The zero-order chi connectivity index (χ0) is 24.1. The molecule has 1 saturated heterocycles. The van der Waals surface area contributed by atoms with Crippen molar-refractivity contribution in [1.29, 1.82) is 0 Å². The minimum Gasteiger partial charge on any atom is -0.507 e. The fourth-order valence-corrected chi connectivity index (χ4v) is 5.87. The molecular weight excluding hydrogens is 426 g/mol. The third-order valence-corrected chi connectivity index (χ3v) is 7.25. The Balaban J connectivity index is 1.49. The summed E-state index contributed by atoms with van der Waals surface area (Å²) >= 11 is 0. The molecule has 5 rings (SSSR count). The van der Waals surface area contributed by atoms with Gasteiger partial charge in [-0.15, -0.1) is 10.2 Å². The number of phenols is 1. The Morgan fingerprint density at radius 1 is 1.00 bits per heavy atom. The molecule has 2 aliphatic heterocycles. The fraction of sp³-hybridized carbons (Fsp3) is 0.500. The van der Waals surface area contributed by atoms with Crippen molar-refractivity contribution in [1.82, 2.24) is 30.1 Å². The first kappa shape index (κ1) is 22.8. The monoisotopic (exact) mass is 461 g/mol. The van der Waals surface area contributed by atoms with E-state index < -0.39 is 0 Å². The topological polar surface area (TPSA) is 82.3 Å². The summed E-state index contributed by atoms with van der Waals surface area (Å²) < 4.78 is 2.17. The third-order valence-electron chi connectivity index (χ3n) is 7.25. The van der Waals surface area contributed by atoms with Crippen LogP contribution in [0.1, 0.15) is 52.8 Å². The van der Waals surface area contributed by atoms with Crippen molar-refractivity contribution in [3.8, 4) is 28.3 Å². The Morgan fingerprint density at radius 3 is 2.44 bits per heavy atom. The number of nitrogens with zero attached hydrogens (tertiary/aromatic N) is 6. The van der Waals surface area contributed by atoms with Gasteiger partial charge >= 0.3 is 0 Å². The van der Waals surface area contributed by atoms with Crippen LogP contribution in [0.15, 0.2) is 36.5 Å². The molecule has 0 unspecified atom stereocenters. The largest absolute Gasteiger partial charge is 0.507 e. The summed E-state index contributed by atoms with van der Waals surface area (Å²) in [6.07, 6.45) is 5.55. The highest BCUT2D eigenvalue weighted by Gasteiger charge is 2.44. The van der Waals surface area contributed by atoms with E-state index in [1.165, 1.54) is 6.42 Å². The van der Waals surface area contributed by atoms with Crippen molar-refractivity contribution >= 4 is 5.82 Å². The van der Waals surface area contributed by atoms with Crippen LogP contribution in [0.4, 0.5) is 5.82 Å². The molecule has 8 nitrogen and oxygen atoms in total. The lowest BCUT2D eigenvalue weighted by Crippen LogP contribution is -2.64. The molecule has 2 aliphatic rings. The van der Waals surface area contributed by atoms with E-state index in [0.29, 0.717) is 11.3 Å². The number of aromatic hydroxyl groups is 1. The number of phenolic OH excluding ortho intramolecular Hbond substituents is 1. The number of benzene rings is 1. The smallest absolute Gasteiger partial charge is 0.165 e. The Kier molecular flexibility index (Phi) is 5.61. The van der Waals surface area contributed by atoms with E-state index in [2.05, 4.69) is 71.0 Å². The molecule has 1 fully saturated rings. The zero-order valence-electron chi connectivity index (χ0n) is 20.8. The van der Waals surface area contributed by atoms with E-state index in [1.54, 1.807) is 6.07 Å². The van der Waals surface area contributed by atoms with Crippen molar-refractivity contribution in [2.75, 3.05) is 18.6 Å². The number of hydrogen-bond donors (Lipinski definition) is 2. The third kappa shape index (κ3) is 3.95. The van der Waals surface area contributed by atoms with E-state index in [4.69, 9.17) is 4.98 Å². The number of hydrogen-bond acceptors (Lipinski definition) is 7. The summed E-state index contributed by atoms with van der Waals surface area (Å²) in [4.78, 5) is 4.81. The molecule has 0 spiro atoms. The molecular formula is C26H35N7O. The molecule has 2 aromatic heterocycles. The number of nitrogens with one attached hydrogen (secondary N) is 1. The second-order valence-electron chi connectivity index (χ2n) is 10.7. The predicted molar refractivity (Wildman–Crippen MR) is 134 cm³/mol. The molecule has 0 aliphatic carbocycles. The molecule has 4 heterocycles. The Labute approximate surface area is 201 Å². The minimum absolute atomic E-state index is 0.0246. The van der Waals surface area contributed by atoms with E-state index in [1.807, 2.05) is 24.3 Å². The van der Waals surface area contributed by atoms with Gasteiger partial charge in [0.15, 0.2) is 5.82 Å². The number of imidazole rings is 1. The van der Waals surface area contributed by atoms with Gasteiger partial charge < -0.3 is 15.0 Å². The number of rotatable bonds is 4. The second-order valence-corrected chi connectivity index (χ2v) is 10.7. The van der Waals surface area contributed by atoms with Gasteiger partial charge in [-0.25, -0.2) is 9.99 Å². The van der Waals surface area contributed by atoms with Gasteiger partial charge in [-0.1, -0.05) is 12.1 Å². The minimum atomic E-state index is 0.0246. The molecule has 8 heteroatoms. The summed E-state index contributed by atoms with van der Waals surface area (Å²) in [5.74, 6) is 1.97. The lowest BCUT2D eigenvalue weighted by atomic mass is 9.81. The van der Waals surface area contributed by atoms with Crippen LogP contribution in [0.2, 0.25) is 0 Å². The highest BCUT2D eigenvalue weighted by Crippen LogP contribution is 2.41. The van der Waals surface area contributed by atoms with Crippen LogP contribution in [0.3, 0.4) is 0 Å².